The van der Waals surface area contributed by atoms with Crippen molar-refractivity contribution >= 4 is 17.3 Å². The highest BCUT2D eigenvalue weighted by Crippen LogP contribution is 2.25. The largest absolute Gasteiger partial charge is 0.462 e. The Kier molecular flexibility index (Phi) is 5.44. The molecule has 21 heavy (non-hydrogen) atoms. The number of nitrogens with two attached hydrogens (primary N) is 1. The molecule has 1 atom stereocenters. The molecule has 1 fully saturated rings. The Labute approximate surface area is 126 Å². The number of rotatable bonds is 5. The molecule has 1 aromatic rings. The Morgan fingerprint density at radius 3 is 3.05 bits per heavy atom. The van der Waals surface area contributed by atoms with E-state index in [0.717, 1.165) is 19.6 Å². The number of ether oxygens (including phenoxy) is 1. The zero-order valence-corrected chi connectivity index (χ0v) is 12.9. The van der Waals surface area contributed by atoms with Crippen molar-refractivity contribution in [3.8, 4) is 0 Å². The van der Waals surface area contributed by atoms with Gasteiger partial charge in [-0.05, 0) is 51.4 Å². The Bertz CT molecular complexity index is 490. The minimum atomic E-state index is -0.326. The van der Waals surface area contributed by atoms with Crippen molar-refractivity contribution in [2.75, 3.05) is 44.3 Å². The molecular formula is C16H25N3O2. The van der Waals surface area contributed by atoms with Crippen molar-refractivity contribution in [2.45, 2.75) is 19.8 Å². The van der Waals surface area contributed by atoms with Gasteiger partial charge in [0.15, 0.2) is 0 Å². The summed E-state index contributed by atoms with van der Waals surface area (Å²) < 4.78 is 5.09. The topological polar surface area (TPSA) is 67.6 Å². The van der Waals surface area contributed by atoms with Crippen molar-refractivity contribution in [2.24, 2.45) is 5.92 Å². The summed E-state index contributed by atoms with van der Waals surface area (Å²) in [6.07, 6.45) is 2.43. The van der Waals surface area contributed by atoms with Crippen LogP contribution in [0.15, 0.2) is 18.2 Å². The summed E-state index contributed by atoms with van der Waals surface area (Å²) in [5.74, 6) is 0.256. The first-order valence-corrected chi connectivity index (χ1v) is 7.59. The van der Waals surface area contributed by atoms with Gasteiger partial charge in [-0.25, -0.2) is 4.79 Å². The molecule has 3 N–H and O–H groups in total. The summed E-state index contributed by atoms with van der Waals surface area (Å²) in [5.41, 5.74) is 7.82. The molecule has 1 saturated heterocycles. The molecule has 0 spiro atoms. The predicted molar refractivity (Wildman–Crippen MR) is 85.5 cm³/mol. The molecule has 1 aliphatic rings. The van der Waals surface area contributed by atoms with Crippen LogP contribution >= 0.6 is 0 Å². The zero-order valence-electron chi connectivity index (χ0n) is 12.9. The summed E-state index contributed by atoms with van der Waals surface area (Å²) >= 11 is 0. The van der Waals surface area contributed by atoms with Crippen LogP contribution in [0.5, 0.6) is 0 Å². The second kappa shape index (κ2) is 7.31. The summed E-state index contributed by atoms with van der Waals surface area (Å²) in [7, 11) is 2.15. The van der Waals surface area contributed by atoms with E-state index in [1.165, 1.54) is 12.8 Å². The molecule has 1 unspecified atom stereocenters. The number of carbonyl (C=O) groups is 1. The van der Waals surface area contributed by atoms with Gasteiger partial charge in [0, 0.05) is 13.1 Å². The maximum absolute atomic E-state index is 12.0. The van der Waals surface area contributed by atoms with Crippen LogP contribution in [-0.4, -0.2) is 44.2 Å². The van der Waals surface area contributed by atoms with Crippen LogP contribution in [0.3, 0.4) is 0 Å². The third-order valence-electron chi connectivity index (χ3n) is 3.88. The van der Waals surface area contributed by atoms with E-state index in [1.807, 2.05) is 0 Å². The standard InChI is InChI=1S/C16H25N3O2/c1-3-21-16(20)13-7-4-8-14(17)15(13)18-10-12-6-5-9-19(2)11-12/h4,7-8,12,18H,3,5-6,9-11,17H2,1-2H3. The van der Waals surface area contributed by atoms with Crippen molar-refractivity contribution < 1.29 is 9.53 Å². The second-order valence-corrected chi connectivity index (χ2v) is 5.64. The monoisotopic (exact) mass is 291 g/mol. The van der Waals surface area contributed by atoms with Gasteiger partial charge in [-0.2, -0.15) is 0 Å². The normalized spacial score (nSPS) is 19.2. The van der Waals surface area contributed by atoms with Crippen LogP contribution in [-0.2, 0) is 4.74 Å². The summed E-state index contributed by atoms with van der Waals surface area (Å²) in [5, 5.41) is 3.36. The molecule has 0 aliphatic carbocycles. The van der Waals surface area contributed by atoms with Crippen molar-refractivity contribution in [1.29, 1.82) is 0 Å². The molecule has 0 saturated carbocycles. The third-order valence-corrected chi connectivity index (χ3v) is 3.88. The lowest BCUT2D eigenvalue weighted by atomic mass is 9.98. The minimum Gasteiger partial charge on any atom is -0.462 e. The molecule has 1 aromatic carbocycles. The molecule has 0 radical (unpaired) electrons. The molecule has 116 valence electrons. The summed E-state index contributed by atoms with van der Waals surface area (Å²) in [6.45, 7) is 5.23. The van der Waals surface area contributed by atoms with Gasteiger partial charge in [0.2, 0.25) is 0 Å². The van der Waals surface area contributed by atoms with Gasteiger partial charge >= 0.3 is 5.97 Å². The van der Waals surface area contributed by atoms with Crippen molar-refractivity contribution in [3.05, 3.63) is 23.8 Å². The molecule has 5 nitrogen and oxygen atoms in total. The fourth-order valence-corrected chi connectivity index (χ4v) is 2.83. The fraction of sp³-hybridized carbons (Fsp3) is 0.562. The van der Waals surface area contributed by atoms with Gasteiger partial charge in [0.25, 0.3) is 0 Å². The number of anilines is 2. The highest BCUT2D eigenvalue weighted by atomic mass is 16.5. The number of para-hydroxylation sites is 1. The van der Waals surface area contributed by atoms with E-state index in [0.29, 0.717) is 29.5 Å². The molecule has 0 bridgehead atoms. The number of hydrogen-bond donors (Lipinski definition) is 2. The molecule has 1 aliphatic heterocycles. The Morgan fingerprint density at radius 2 is 2.33 bits per heavy atom. The van der Waals surface area contributed by atoms with E-state index in [4.69, 9.17) is 10.5 Å². The number of benzene rings is 1. The Balaban J connectivity index is 2.06. The minimum absolute atomic E-state index is 0.326. The number of esters is 1. The highest BCUT2D eigenvalue weighted by molar-refractivity contribution is 5.98. The fourth-order valence-electron chi connectivity index (χ4n) is 2.83. The van der Waals surface area contributed by atoms with Crippen LogP contribution in [0.1, 0.15) is 30.1 Å². The Hall–Kier alpha value is -1.75. The lowest BCUT2D eigenvalue weighted by Gasteiger charge is -2.30. The third kappa shape index (κ3) is 4.11. The van der Waals surface area contributed by atoms with Crippen LogP contribution < -0.4 is 11.1 Å². The van der Waals surface area contributed by atoms with Gasteiger partial charge < -0.3 is 20.7 Å². The van der Waals surface area contributed by atoms with Crippen LogP contribution in [0.2, 0.25) is 0 Å². The van der Waals surface area contributed by atoms with E-state index in [-0.39, 0.29) is 5.97 Å². The summed E-state index contributed by atoms with van der Waals surface area (Å²) in [4.78, 5) is 14.3. The lowest BCUT2D eigenvalue weighted by molar-refractivity contribution is 0.0527. The van der Waals surface area contributed by atoms with Crippen LogP contribution in [0.4, 0.5) is 11.4 Å². The van der Waals surface area contributed by atoms with Gasteiger partial charge in [-0.15, -0.1) is 0 Å². The van der Waals surface area contributed by atoms with E-state index in [2.05, 4.69) is 17.3 Å². The van der Waals surface area contributed by atoms with E-state index < -0.39 is 0 Å². The smallest absolute Gasteiger partial charge is 0.340 e. The van der Waals surface area contributed by atoms with E-state index in [9.17, 15) is 4.79 Å². The SMILES string of the molecule is CCOC(=O)c1cccc(N)c1NCC1CCCN(C)C1. The molecule has 0 amide bonds. The number of likely N-dealkylation sites (tertiary alicyclic amines) is 1. The number of carbonyl (C=O) groups excluding carboxylic acids is 1. The number of nitrogen functional groups attached to an aromatic ring is 1. The average Bonchev–Trinajstić information content (AvgIpc) is 2.46. The van der Waals surface area contributed by atoms with Gasteiger partial charge in [-0.3, -0.25) is 0 Å². The van der Waals surface area contributed by atoms with Gasteiger partial charge in [0.05, 0.1) is 23.5 Å². The van der Waals surface area contributed by atoms with Crippen LogP contribution in [0, 0.1) is 5.92 Å². The van der Waals surface area contributed by atoms with E-state index >= 15 is 0 Å². The molecule has 1 heterocycles. The average molecular weight is 291 g/mol. The molecule has 2 rings (SSSR count). The molecule has 0 aromatic heterocycles. The van der Waals surface area contributed by atoms with Crippen molar-refractivity contribution in [3.63, 3.8) is 0 Å². The number of hydrogen-bond acceptors (Lipinski definition) is 5. The first-order chi connectivity index (χ1) is 10.1. The quantitative estimate of drug-likeness (QED) is 0.643. The zero-order chi connectivity index (χ0) is 15.2. The molecular weight excluding hydrogens is 266 g/mol. The predicted octanol–water partition coefficient (Wildman–Crippen LogP) is 2.20. The number of nitrogens with one attached hydrogen (secondary N) is 1. The summed E-state index contributed by atoms with van der Waals surface area (Å²) in [6, 6.07) is 5.34. The van der Waals surface area contributed by atoms with Gasteiger partial charge in [-0.1, -0.05) is 6.07 Å². The first kappa shape index (κ1) is 15.6. The number of piperidine rings is 1. The maximum atomic E-state index is 12.0. The Morgan fingerprint density at radius 1 is 1.52 bits per heavy atom. The van der Waals surface area contributed by atoms with E-state index in [1.54, 1.807) is 25.1 Å². The lowest BCUT2D eigenvalue weighted by Crippen LogP contribution is -2.35. The number of nitrogens with zero attached hydrogens (tertiary/aromatic N) is 1. The highest BCUT2D eigenvalue weighted by Gasteiger charge is 2.19. The van der Waals surface area contributed by atoms with Crippen molar-refractivity contribution in [1.82, 2.24) is 4.90 Å². The second-order valence-electron chi connectivity index (χ2n) is 5.64. The van der Waals surface area contributed by atoms with Gasteiger partial charge in [0.1, 0.15) is 0 Å². The first-order valence-electron chi connectivity index (χ1n) is 7.59. The maximum Gasteiger partial charge on any atom is 0.340 e. The molecule has 5 heteroatoms. The van der Waals surface area contributed by atoms with Crippen LogP contribution in [0.25, 0.3) is 0 Å².